The first-order valence-electron chi connectivity index (χ1n) is 5.89. The second-order valence-electron chi connectivity index (χ2n) is 4.26. The maximum atomic E-state index is 11.7. The van der Waals surface area contributed by atoms with E-state index in [9.17, 15) is 14.4 Å². The molecule has 1 unspecified atom stereocenters. The molecule has 1 fully saturated rings. The molecular formula is C13H14N2O4. The molecule has 1 aliphatic rings. The van der Waals surface area contributed by atoms with Crippen LogP contribution in [-0.4, -0.2) is 35.4 Å². The summed E-state index contributed by atoms with van der Waals surface area (Å²) >= 11 is 0. The van der Waals surface area contributed by atoms with Crippen molar-refractivity contribution in [2.45, 2.75) is 19.4 Å². The predicted octanol–water partition coefficient (Wildman–Crippen LogP) is 0.0342. The molecule has 1 aromatic carbocycles. The summed E-state index contributed by atoms with van der Waals surface area (Å²) in [6.45, 7) is 1.41. The lowest BCUT2D eigenvalue weighted by molar-refractivity contribution is -0.215. The maximum absolute atomic E-state index is 11.7. The Labute approximate surface area is 110 Å². The molecule has 0 aliphatic carbocycles. The van der Waals surface area contributed by atoms with Crippen LogP contribution in [0.15, 0.2) is 30.3 Å². The molecule has 0 saturated carbocycles. The van der Waals surface area contributed by atoms with Gasteiger partial charge in [-0.15, -0.1) is 0 Å². The Balaban J connectivity index is 1.79. The van der Waals surface area contributed by atoms with Crippen molar-refractivity contribution in [3.05, 3.63) is 35.9 Å². The smallest absolute Gasteiger partial charge is 0.329 e. The van der Waals surface area contributed by atoms with Crippen molar-refractivity contribution in [1.82, 2.24) is 10.4 Å². The number of nitrogens with one attached hydrogen (secondary N) is 1. The van der Waals surface area contributed by atoms with Gasteiger partial charge in [0.25, 0.3) is 5.91 Å². The molecule has 1 atom stereocenters. The van der Waals surface area contributed by atoms with E-state index in [1.165, 1.54) is 6.92 Å². The molecule has 1 heterocycles. The molecule has 1 N–H and O–H groups in total. The van der Waals surface area contributed by atoms with Crippen LogP contribution in [0.25, 0.3) is 0 Å². The third-order valence-electron chi connectivity index (χ3n) is 2.67. The average molecular weight is 262 g/mol. The zero-order valence-electron chi connectivity index (χ0n) is 10.5. The van der Waals surface area contributed by atoms with E-state index in [0.717, 1.165) is 10.6 Å². The van der Waals surface area contributed by atoms with Gasteiger partial charge in [0, 0.05) is 6.92 Å². The van der Waals surface area contributed by atoms with Gasteiger partial charge in [0.2, 0.25) is 5.91 Å². The molecule has 6 nitrogen and oxygen atoms in total. The third kappa shape index (κ3) is 3.31. The lowest BCUT2D eigenvalue weighted by Crippen LogP contribution is -2.64. The standard InChI is InChI=1S/C13H14N2O4/c1-9(16)19-15-8-11(13(15)18)14-12(17)7-10-5-3-2-4-6-10/h2-6,11H,7-8H2,1H3,(H,14,17). The number of carbonyl (C=O) groups is 3. The molecule has 2 amide bonds. The molecule has 0 spiro atoms. The first kappa shape index (κ1) is 13.1. The zero-order chi connectivity index (χ0) is 13.8. The van der Waals surface area contributed by atoms with Crippen molar-refractivity contribution >= 4 is 17.8 Å². The van der Waals surface area contributed by atoms with E-state index >= 15 is 0 Å². The average Bonchev–Trinajstić information content (AvgIpc) is 2.38. The topological polar surface area (TPSA) is 75.7 Å². The Morgan fingerprint density at radius 3 is 2.63 bits per heavy atom. The Hall–Kier alpha value is -2.37. The molecule has 100 valence electrons. The summed E-state index contributed by atoms with van der Waals surface area (Å²) in [4.78, 5) is 38.5. The summed E-state index contributed by atoms with van der Waals surface area (Å²) in [6, 6.07) is 8.64. The van der Waals surface area contributed by atoms with E-state index in [1.807, 2.05) is 30.3 Å². The summed E-state index contributed by atoms with van der Waals surface area (Å²) < 4.78 is 0. The van der Waals surface area contributed by atoms with E-state index in [1.54, 1.807) is 0 Å². The monoisotopic (exact) mass is 262 g/mol. The molecule has 1 aromatic rings. The number of nitrogens with zero attached hydrogens (tertiary/aromatic N) is 1. The molecule has 2 rings (SSSR count). The van der Waals surface area contributed by atoms with Gasteiger partial charge in [-0.05, 0) is 5.56 Å². The van der Waals surface area contributed by atoms with Crippen LogP contribution in [0.2, 0.25) is 0 Å². The first-order valence-corrected chi connectivity index (χ1v) is 5.89. The second kappa shape index (κ2) is 5.51. The van der Waals surface area contributed by atoms with Crippen molar-refractivity contribution in [1.29, 1.82) is 0 Å². The van der Waals surface area contributed by atoms with Crippen LogP contribution in [0.3, 0.4) is 0 Å². The predicted molar refractivity (Wildman–Crippen MR) is 65.6 cm³/mol. The van der Waals surface area contributed by atoms with E-state index in [2.05, 4.69) is 10.2 Å². The van der Waals surface area contributed by atoms with Crippen molar-refractivity contribution < 1.29 is 19.2 Å². The van der Waals surface area contributed by atoms with Gasteiger partial charge < -0.3 is 10.2 Å². The van der Waals surface area contributed by atoms with Gasteiger partial charge in [-0.1, -0.05) is 30.3 Å². The molecular weight excluding hydrogens is 248 g/mol. The highest BCUT2D eigenvalue weighted by atomic mass is 16.7. The van der Waals surface area contributed by atoms with Gasteiger partial charge in [0.05, 0.1) is 13.0 Å². The van der Waals surface area contributed by atoms with E-state index in [0.29, 0.717) is 0 Å². The highest BCUT2D eigenvalue weighted by Crippen LogP contribution is 2.11. The number of amides is 2. The highest BCUT2D eigenvalue weighted by molar-refractivity contribution is 5.92. The van der Waals surface area contributed by atoms with Crippen LogP contribution in [0.4, 0.5) is 0 Å². The van der Waals surface area contributed by atoms with Crippen molar-refractivity contribution in [2.75, 3.05) is 6.54 Å². The first-order chi connectivity index (χ1) is 9.06. The second-order valence-corrected chi connectivity index (χ2v) is 4.26. The molecule has 0 radical (unpaired) electrons. The molecule has 1 saturated heterocycles. The Kier molecular flexibility index (Phi) is 3.79. The molecule has 1 aliphatic heterocycles. The number of β-lactam (4-membered cyclic amide) rings is 1. The minimum absolute atomic E-state index is 0.193. The fourth-order valence-corrected chi connectivity index (χ4v) is 1.77. The summed E-state index contributed by atoms with van der Waals surface area (Å²) in [7, 11) is 0. The van der Waals surface area contributed by atoms with Crippen molar-refractivity contribution in [3.63, 3.8) is 0 Å². The molecule has 0 aromatic heterocycles. The Morgan fingerprint density at radius 2 is 2.05 bits per heavy atom. The number of rotatable bonds is 4. The van der Waals surface area contributed by atoms with E-state index < -0.39 is 17.9 Å². The lowest BCUT2D eigenvalue weighted by atomic mass is 10.1. The number of hydroxylamine groups is 2. The number of hydrogen-bond acceptors (Lipinski definition) is 4. The van der Waals surface area contributed by atoms with E-state index in [4.69, 9.17) is 0 Å². The molecule has 19 heavy (non-hydrogen) atoms. The van der Waals surface area contributed by atoms with Crippen LogP contribution < -0.4 is 5.32 Å². The van der Waals surface area contributed by atoms with Crippen LogP contribution in [-0.2, 0) is 25.6 Å². The van der Waals surface area contributed by atoms with Gasteiger partial charge >= 0.3 is 5.97 Å². The van der Waals surface area contributed by atoms with Gasteiger partial charge in [-0.2, -0.15) is 5.06 Å². The zero-order valence-corrected chi connectivity index (χ0v) is 10.5. The fourth-order valence-electron chi connectivity index (χ4n) is 1.77. The minimum atomic E-state index is -0.601. The molecule has 0 bridgehead atoms. The fraction of sp³-hybridized carbons (Fsp3) is 0.308. The normalized spacial score (nSPS) is 17.6. The number of hydrogen-bond donors (Lipinski definition) is 1. The van der Waals surface area contributed by atoms with E-state index in [-0.39, 0.29) is 18.9 Å². The highest BCUT2D eigenvalue weighted by Gasteiger charge is 2.40. The van der Waals surface area contributed by atoms with Gasteiger partial charge in [0.15, 0.2) is 0 Å². The van der Waals surface area contributed by atoms with Crippen LogP contribution in [0, 0.1) is 0 Å². The summed E-state index contributed by atoms with van der Waals surface area (Å²) in [6.07, 6.45) is 0.220. The van der Waals surface area contributed by atoms with Crippen LogP contribution in [0.1, 0.15) is 12.5 Å². The third-order valence-corrected chi connectivity index (χ3v) is 2.67. The van der Waals surface area contributed by atoms with Crippen molar-refractivity contribution in [3.8, 4) is 0 Å². The van der Waals surface area contributed by atoms with Gasteiger partial charge in [-0.3, -0.25) is 14.4 Å². The minimum Gasteiger partial charge on any atom is -0.342 e. The number of benzene rings is 1. The van der Waals surface area contributed by atoms with Crippen LogP contribution in [0.5, 0.6) is 0 Å². The summed E-state index contributed by atoms with van der Waals surface area (Å²) in [5.41, 5.74) is 0.878. The largest absolute Gasteiger partial charge is 0.342 e. The Bertz CT molecular complexity index is 501. The number of carbonyl (C=O) groups excluding carboxylic acids is 3. The lowest BCUT2D eigenvalue weighted by Gasteiger charge is -2.35. The maximum Gasteiger partial charge on any atom is 0.329 e. The van der Waals surface area contributed by atoms with Gasteiger partial charge in [0.1, 0.15) is 6.04 Å². The summed E-state index contributed by atoms with van der Waals surface area (Å²) in [5.74, 6) is -1.19. The van der Waals surface area contributed by atoms with Crippen molar-refractivity contribution in [2.24, 2.45) is 0 Å². The van der Waals surface area contributed by atoms with Gasteiger partial charge in [-0.25, -0.2) is 0 Å². The summed E-state index contributed by atoms with van der Waals surface area (Å²) in [5, 5.41) is 3.54. The molecule has 6 heteroatoms. The van der Waals surface area contributed by atoms with Crippen LogP contribution >= 0.6 is 0 Å². The SMILES string of the molecule is CC(=O)ON1CC(NC(=O)Cc2ccccc2)C1=O. The Morgan fingerprint density at radius 1 is 1.37 bits per heavy atom. The quantitative estimate of drug-likeness (QED) is 0.777.